The van der Waals surface area contributed by atoms with Crippen LogP contribution in [0, 0.1) is 5.82 Å². The van der Waals surface area contributed by atoms with Crippen LogP contribution in [-0.2, 0) is 6.61 Å². The van der Waals surface area contributed by atoms with Crippen molar-refractivity contribution >= 4 is 23.8 Å². The molecule has 2 rings (SSSR count). The molecule has 0 saturated heterocycles. The molecule has 0 bridgehead atoms. The molecule has 0 aliphatic heterocycles. The van der Waals surface area contributed by atoms with E-state index < -0.39 is 5.82 Å². The molecular formula is C15H14ClFN4O. The zero-order valence-corrected chi connectivity index (χ0v) is 12.3. The van der Waals surface area contributed by atoms with Gasteiger partial charge in [0.25, 0.3) is 0 Å². The zero-order valence-electron chi connectivity index (χ0n) is 11.5. The summed E-state index contributed by atoms with van der Waals surface area (Å²) in [4.78, 5) is 0. The van der Waals surface area contributed by atoms with Gasteiger partial charge in [0.05, 0.1) is 11.2 Å². The molecule has 22 heavy (non-hydrogen) atoms. The highest BCUT2D eigenvalue weighted by molar-refractivity contribution is 6.30. The van der Waals surface area contributed by atoms with Crippen molar-refractivity contribution in [2.45, 2.75) is 6.61 Å². The molecule has 0 aromatic heterocycles. The van der Waals surface area contributed by atoms with Gasteiger partial charge in [0, 0.05) is 5.56 Å². The van der Waals surface area contributed by atoms with Crippen molar-refractivity contribution in [3.05, 3.63) is 64.4 Å². The molecule has 0 aliphatic rings. The summed E-state index contributed by atoms with van der Waals surface area (Å²) in [5, 5.41) is 7.28. The number of benzene rings is 2. The Bertz CT molecular complexity index is 714. The zero-order chi connectivity index (χ0) is 15.9. The topological polar surface area (TPSA) is 86.0 Å². The van der Waals surface area contributed by atoms with E-state index in [1.807, 2.05) is 0 Å². The van der Waals surface area contributed by atoms with Gasteiger partial charge in [0.2, 0.25) is 5.96 Å². The lowest BCUT2D eigenvalue weighted by Crippen LogP contribution is -2.21. The second-order valence-electron chi connectivity index (χ2n) is 4.34. The van der Waals surface area contributed by atoms with Gasteiger partial charge in [-0.25, -0.2) is 4.39 Å². The Balaban J connectivity index is 2.06. The number of nitrogens with two attached hydrogens (primary N) is 2. The van der Waals surface area contributed by atoms with Crippen LogP contribution >= 0.6 is 11.6 Å². The van der Waals surface area contributed by atoms with Crippen LogP contribution in [0.2, 0.25) is 5.02 Å². The second kappa shape index (κ2) is 7.42. The molecule has 0 saturated carbocycles. The number of rotatable bonds is 5. The Hall–Kier alpha value is -2.60. The summed E-state index contributed by atoms with van der Waals surface area (Å²) in [7, 11) is 0. The first-order valence-electron chi connectivity index (χ1n) is 6.34. The molecule has 7 heteroatoms. The van der Waals surface area contributed by atoms with Crippen molar-refractivity contribution in [2.75, 3.05) is 0 Å². The minimum Gasteiger partial charge on any atom is -0.489 e. The normalized spacial score (nSPS) is 10.6. The maximum atomic E-state index is 13.8. The summed E-state index contributed by atoms with van der Waals surface area (Å²) >= 11 is 5.72. The van der Waals surface area contributed by atoms with Crippen LogP contribution in [0.5, 0.6) is 5.75 Å². The van der Waals surface area contributed by atoms with Gasteiger partial charge in [-0.2, -0.15) is 5.10 Å². The van der Waals surface area contributed by atoms with Gasteiger partial charge in [-0.15, -0.1) is 5.10 Å². The quantitative estimate of drug-likeness (QED) is 0.504. The Kier molecular flexibility index (Phi) is 5.32. The van der Waals surface area contributed by atoms with Gasteiger partial charge in [-0.3, -0.25) is 0 Å². The highest BCUT2D eigenvalue weighted by Crippen LogP contribution is 2.20. The van der Waals surface area contributed by atoms with E-state index in [1.54, 1.807) is 36.4 Å². The number of nitrogens with zero attached hydrogens (tertiary/aromatic N) is 2. The third-order valence-electron chi connectivity index (χ3n) is 2.66. The molecule has 0 amide bonds. The lowest BCUT2D eigenvalue weighted by Gasteiger charge is -2.08. The summed E-state index contributed by atoms with van der Waals surface area (Å²) in [6.45, 7) is 0.0703. The van der Waals surface area contributed by atoms with Crippen LogP contribution in [0.15, 0.2) is 52.7 Å². The molecule has 5 nitrogen and oxygen atoms in total. The molecular weight excluding hydrogens is 307 g/mol. The van der Waals surface area contributed by atoms with E-state index in [0.29, 0.717) is 11.3 Å². The van der Waals surface area contributed by atoms with Crippen LogP contribution < -0.4 is 16.2 Å². The van der Waals surface area contributed by atoms with Crippen LogP contribution in [-0.4, -0.2) is 12.2 Å². The van der Waals surface area contributed by atoms with Crippen molar-refractivity contribution in [3.63, 3.8) is 0 Å². The molecule has 2 aromatic rings. The highest BCUT2D eigenvalue weighted by atomic mass is 35.5. The highest BCUT2D eigenvalue weighted by Gasteiger charge is 2.06. The fourth-order valence-electron chi connectivity index (χ4n) is 1.67. The predicted molar refractivity (Wildman–Crippen MR) is 85.6 cm³/mol. The van der Waals surface area contributed by atoms with E-state index in [2.05, 4.69) is 10.2 Å². The largest absolute Gasteiger partial charge is 0.489 e. The monoisotopic (exact) mass is 320 g/mol. The summed E-state index contributed by atoms with van der Waals surface area (Å²) in [6.07, 6.45) is 1.48. The number of hydrogen-bond donors (Lipinski definition) is 2. The minimum atomic E-state index is -0.477. The van der Waals surface area contributed by atoms with Crippen molar-refractivity contribution in [3.8, 4) is 5.75 Å². The molecule has 0 radical (unpaired) electrons. The summed E-state index contributed by atoms with van der Waals surface area (Å²) in [5.41, 5.74) is 11.5. The van der Waals surface area contributed by atoms with Crippen LogP contribution in [0.1, 0.15) is 11.1 Å². The van der Waals surface area contributed by atoms with E-state index in [-0.39, 0.29) is 17.6 Å². The Morgan fingerprint density at radius 3 is 2.77 bits per heavy atom. The first-order chi connectivity index (χ1) is 10.6. The van der Waals surface area contributed by atoms with Crippen molar-refractivity contribution in [1.29, 1.82) is 0 Å². The second-order valence-corrected chi connectivity index (χ2v) is 4.75. The average Bonchev–Trinajstić information content (AvgIpc) is 2.49. The Labute approximate surface area is 132 Å². The van der Waals surface area contributed by atoms with E-state index in [4.69, 9.17) is 27.8 Å². The van der Waals surface area contributed by atoms with Crippen LogP contribution in [0.25, 0.3) is 0 Å². The molecule has 0 atom stereocenters. The molecule has 114 valence electrons. The number of hydrogen-bond acceptors (Lipinski definition) is 3. The Morgan fingerprint density at radius 1 is 1.23 bits per heavy atom. The fraction of sp³-hybridized carbons (Fsp3) is 0.0667. The van der Waals surface area contributed by atoms with E-state index in [1.165, 1.54) is 12.3 Å². The molecule has 0 fully saturated rings. The van der Waals surface area contributed by atoms with Crippen molar-refractivity contribution < 1.29 is 9.13 Å². The summed E-state index contributed by atoms with van der Waals surface area (Å²) in [5.74, 6) is -0.0391. The number of halogens is 2. The third-order valence-corrected chi connectivity index (χ3v) is 2.96. The van der Waals surface area contributed by atoms with Gasteiger partial charge in [-0.05, 0) is 23.8 Å². The number of guanidine groups is 1. The molecule has 0 heterocycles. The van der Waals surface area contributed by atoms with Crippen molar-refractivity contribution in [1.82, 2.24) is 0 Å². The fourth-order valence-corrected chi connectivity index (χ4v) is 1.86. The molecule has 4 N–H and O–H groups in total. The predicted octanol–water partition coefficient (Wildman–Crippen LogP) is 2.67. The maximum Gasteiger partial charge on any atom is 0.211 e. The van der Waals surface area contributed by atoms with E-state index in [0.717, 1.165) is 5.56 Å². The van der Waals surface area contributed by atoms with Crippen LogP contribution in [0.4, 0.5) is 4.39 Å². The molecule has 0 unspecified atom stereocenters. The van der Waals surface area contributed by atoms with Gasteiger partial charge in [-0.1, -0.05) is 35.9 Å². The van der Waals surface area contributed by atoms with E-state index in [9.17, 15) is 4.39 Å². The molecule has 0 aliphatic carbocycles. The van der Waals surface area contributed by atoms with Gasteiger partial charge < -0.3 is 16.2 Å². The number of ether oxygens (including phenoxy) is 1. The van der Waals surface area contributed by atoms with Gasteiger partial charge >= 0.3 is 0 Å². The lowest BCUT2D eigenvalue weighted by atomic mass is 10.2. The third kappa shape index (κ3) is 4.46. The smallest absolute Gasteiger partial charge is 0.211 e. The van der Waals surface area contributed by atoms with Crippen LogP contribution in [0.3, 0.4) is 0 Å². The Morgan fingerprint density at radius 2 is 2.00 bits per heavy atom. The van der Waals surface area contributed by atoms with Gasteiger partial charge in [0.15, 0.2) is 0 Å². The SMILES string of the molecule is NC(N)=NN=Cc1cccc(OCc2cccc(Cl)c2F)c1. The molecule has 0 spiro atoms. The van der Waals surface area contributed by atoms with E-state index >= 15 is 0 Å². The summed E-state index contributed by atoms with van der Waals surface area (Å²) in [6, 6.07) is 11.8. The lowest BCUT2D eigenvalue weighted by molar-refractivity contribution is 0.300. The molecule has 2 aromatic carbocycles. The van der Waals surface area contributed by atoms with Gasteiger partial charge in [0.1, 0.15) is 18.2 Å². The standard InChI is InChI=1S/C15H14ClFN4O/c16-13-6-2-4-11(14(13)17)9-22-12-5-1-3-10(7-12)8-20-21-15(18)19/h1-8H,9H2,(H4,18,19,21). The average molecular weight is 321 g/mol. The maximum absolute atomic E-state index is 13.8. The minimum absolute atomic E-state index is 0.0687. The summed E-state index contributed by atoms with van der Waals surface area (Å²) < 4.78 is 19.3. The first kappa shape index (κ1) is 15.8. The first-order valence-corrected chi connectivity index (χ1v) is 6.72. The van der Waals surface area contributed by atoms with Crippen molar-refractivity contribution in [2.24, 2.45) is 21.7 Å².